The number of benzene rings is 1. The van der Waals surface area contributed by atoms with Crippen LogP contribution >= 0.6 is 18.2 Å². The molecule has 1 aromatic carbocycles. The van der Waals surface area contributed by atoms with Gasteiger partial charge in [-0.25, -0.2) is 4.57 Å². The van der Waals surface area contributed by atoms with E-state index in [0.29, 0.717) is 0 Å². The van der Waals surface area contributed by atoms with Gasteiger partial charge < -0.3 is 9.05 Å². The van der Waals surface area contributed by atoms with Gasteiger partial charge in [0.2, 0.25) is 0 Å². The molecule has 5 heteroatoms. The molecule has 90 valence electrons. The lowest BCUT2D eigenvalue weighted by molar-refractivity contribution is 0.295. The third kappa shape index (κ3) is 3.11. The second-order valence-corrected chi connectivity index (χ2v) is 7.74. The Hall–Kier alpha value is -0.280. The van der Waals surface area contributed by atoms with E-state index in [9.17, 15) is 4.57 Å². The molecule has 0 fully saturated rings. The first kappa shape index (κ1) is 13.8. The lowest BCUT2D eigenvalue weighted by Gasteiger charge is -2.16. The lowest BCUT2D eigenvalue weighted by atomic mass is 10.1. The molecule has 0 amide bonds. The van der Waals surface area contributed by atoms with E-state index < -0.39 is 6.80 Å². The highest BCUT2D eigenvalue weighted by atomic mass is 32.7. The SMILES string of the molecule is COP(=O)(OC)Sc1c(C)cc(C)cc1C. The fourth-order valence-electron chi connectivity index (χ4n) is 1.57. The van der Waals surface area contributed by atoms with Gasteiger partial charge in [-0.15, -0.1) is 0 Å². The zero-order chi connectivity index (χ0) is 12.3. The van der Waals surface area contributed by atoms with Crippen LogP contribution < -0.4 is 0 Å². The summed E-state index contributed by atoms with van der Waals surface area (Å²) in [5.74, 6) is 0. The highest BCUT2D eigenvalue weighted by molar-refractivity contribution is 8.55. The number of rotatable bonds is 4. The second kappa shape index (κ2) is 5.37. The topological polar surface area (TPSA) is 35.5 Å². The zero-order valence-electron chi connectivity index (χ0n) is 10.2. The molecule has 0 bridgehead atoms. The minimum atomic E-state index is -3.06. The standard InChI is InChI=1S/C11H17O3PS/c1-8-6-9(2)11(10(3)7-8)16-15(12,13-4)14-5/h6-7H,1-5H3. The summed E-state index contributed by atoms with van der Waals surface area (Å²) in [4.78, 5) is 0.970. The third-order valence-corrected chi connectivity index (χ3v) is 6.31. The van der Waals surface area contributed by atoms with Crippen LogP contribution in [0.1, 0.15) is 16.7 Å². The Balaban J connectivity index is 3.11. The van der Waals surface area contributed by atoms with Crippen LogP contribution in [0.2, 0.25) is 0 Å². The van der Waals surface area contributed by atoms with Gasteiger partial charge in [0.05, 0.1) is 0 Å². The summed E-state index contributed by atoms with van der Waals surface area (Å²) in [5, 5.41) is 0. The number of hydrogen-bond acceptors (Lipinski definition) is 4. The smallest absolute Gasteiger partial charge is 0.304 e. The van der Waals surface area contributed by atoms with Gasteiger partial charge in [0.1, 0.15) is 0 Å². The summed E-state index contributed by atoms with van der Waals surface area (Å²) in [6.07, 6.45) is 0. The predicted molar refractivity (Wildman–Crippen MR) is 68.1 cm³/mol. The Bertz CT molecular complexity index is 400. The molecule has 1 rings (SSSR count). The lowest BCUT2D eigenvalue weighted by Crippen LogP contribution is -1.90. The van der Waals surface area contributed by atoms with E-state index in [1.807, 2.05) is 20.8 Å². The average Bonchev–Trinajstić information content (AvgIpc) is 2.23. The minimum Gasteiger partial charge on any atom is -0.304 e. The van der Waals surface area contributed by atoms with Gasteiger partial charge in [-0.05, 0) is 43.3 Å². The maximum atomic E-state index is 12.0. The first-order valence-corrected chi connectivity index (χ1v) is 7.87. The first-order chi connectivity index (χ1) is 7.41. The normalized spacial score (nSPS) is 11.8. The molecule has 0 aliphatic rings. The molecule has 0 saturated carbocycles. The van der Waals surface area contributed by atoms with Crippen molar-refractivity contribution < 1.29 is 13.6 Å². The fraction of sp³-hybridized carbons (Fsp3) is 0.455. The zero-order valence-corrected chi connectivity index (χ0v) is 11.9. The van der Waals surface area contributed by atoms with E-state index in [-0.39, 0.29) is 0 Å². The quantitative estimate of drug-likeness (QED) is 0.763. The molecule has 0 saturated heterocycles. The third-order valence-electron chi connectivity index (χ3n) is 2.25. The molecule has 0 radical (unpaired) electrons. The summed E-state index contributed by atoms with van der Waals surface area (Å²) >= 11 is 1.16. The van der Waals surface area contributed by atoms with Crippen LogP contribution in [0.5, 0.6) is 0 Å². The Morgan fingerprint density at radius 1 is 1.06 bits per heavy atom. The van der Waals surface area contributed by atoms with E-state index in [4.69, 9.17) is 9.05 Å². The molecule has 0 heterocycles. The Labute approximate surface area is 101 Å². The van der Waals surface area contributed by atoms with Gasteiger partial charge in [-0.2, -0.15) is 0 Å². The van der Waals surface area contributed by atoms with E-state index in [2.05, 4.69) is 12.1 Å². The summed E-state index contributed by atoms with van der Waals surface area (Å²) in [6.45, 7) is 2.98. The van der Waals surface area contributed by atoms with Crippen molar-refractivity contribution >= 4 is 18.2 Å². The summed E-state index contributed by atoms with van der Waals surface area (Å²) in [6, 6.07) is 4.12. The maximum absolute atomic E-state index is 12.0. The molecular weight excluding hydrogens is 243 g/mol. The maximum Gasteiger partial charge on any atom is 0.393 e. The van der Waals surface area contributed by atoms with Crippen molar-refractivity contribution in [2.75, 3.05) is 14.2 Å². The van der Waals surface area contributed by atoms with E-state index in [1.54, 1.807) is 0 Å². The van der Waals surface area contributed by atoms with E-state index in [1.165, 1.54) is 19.8 Å². The van der Waals surface area contributed by atoms with Gasteiger partial charge in [0.15, 0.2) is 0 Å². The van der Waals surface area contributed by atoms with Crippen molar-refractivity contribution in [2.45, 2.75) is 25.7 Å². The minimum absolute atomic E-state index is 0.970. The highest BCUT2D eigenvalue weighted by Gasteiger charge is 2.25. The summed E-state index contributed by atoms with van der Waals surface area (Å²) in [5.41, 5.74) is 3.39. The van der Waals surface area contributed by atoms with Crippen LogP contribution in [-0.4, -0.2) is 14.2 Å². The molecule has 0 N–H and O–H groups in total. The average molecular weight is 260 g/mol. The van der Waals surface area contributed by atoms with Crippen LogP contribution in [0.4, 0.5) is 0 Å². The molecule has 0 aliphatic carbocycles. The van der Waals surface area contributed by atoms with Gasteiger partial charge in [0.25, 0.3) is 0 Å². The summed E-state index contributed by atoms with van der Waals surface area (Å²) < 4.78 is 21.9. The molecule has 16 heavy (non-hydrogen) atoms. The first-order valence-electron chi connectivity index (χ1n) is 4.91. The Morgan fingerprint density at radius 2 is 1.50 bits per heavy atom. The largest absolute Gasteiger partial charge is 0.393 e. The van der Waals surface area contributed by atoms with Crippen molar-refractivity contribution in [3.05, 3.63) is 28.8 Å². The van der Waals surface area contributed by atoms with Crippen LogP contribution in [0.25, 0.3) is 0 Å². The summed E-state index contributed by atoms with van der Waals surface area (Å²) in [7, 11) is 2.80. The van der Waals surface area contributed by atoms with Crippen molar-refractivity contribution in [1.82, 2.24) is 0 Å². The molecule has 0 aliphatic heterocycles. The van der Waals surface area contributed by atoms with E-state index >= 15 is 0 Å². The molecule has 0 unspecified atom stereocenters. The van der Waals surface area contributed by atoms with Gasteiger partial charge in [-0.3, -0.25) is 0 Å². The van der Waals surface area contributed by atoms with Gasteiger partial charge >= 0.3 is 6.80 Å². The van der Waals surface area contributed by atoms with Crippen LogP contribution in [0.3, 0.4) is 0 Å². The van der Waals surface area contributed by atoms with Crippen molar-refractivity contribution in [1.29, 1.82) is 0 Å². The molecule has 1 aromatic rings. The second-order valence-electron chi connectivity index (χ2n) is 3.63. The molecule has 0 spiro atoms. The van der Waals surface area contributed by atoms with Crippen LogP contribution in [-0.2, 0) is 13.6 Å². The molecule has 3 nitrogen and oxygen atoms in total. The van der Waals surface area contributed by atoms with Crippen LogP contribution in [0.15, 0.2) is 17.0 Å². The van der Waals surface area contributed by atoms with Crippen molar-refractivity contribution in [2.24, 2.45) is 0 Å². The van der Waals surface area contributed by atoms with Gasteiger partial charge in [0, 0.05) is 19.1 Å². The fourth-order valence-corrected chi connectivity index (χ4v) is 4.48. The van der Waals surface area contributed by atoms with Gasteiger partial charge in [-0.1, -0.05) is 17.7 Å². The monoisotopic (exact) mass is 260 g/mol. The molecular formula is C11H17O3PS. The van der Waals surface area contributed by atoms with Crippen LogP contribution in [0, 0.1) is 20.8 Å². The molecule has 0 atom stereocenters. The Kier molecular flexibility index (Phi) is 4.62. The highest BCUT2D eigenvalue weighted by Crippen LogP contribution is 2.63. The predicted octanol–water partition coefficient (Wildman–Crippen LogP) is 4.10. The van der Waals surface area contributed by atoms with E-state index in [0.717, 1.165) is 27.4 Å². The van der Waals surface area contributed by atoms with Crippen molar-refractivity contribution in [3.63, 3.8) is 0 Å². The number of hydrogen-bond donors (Lipinski definition) is 0. The molecule has 0 aromatic heterocycles. The number of aryl methyl sites for hydroxylation is 3. The Morgan fingerprint density at radius 3 is 1.88 bits per heavy atom. The van der Waals surface area contributed by atoms with Crippen molar-refractivity contribution in [3.8, 4) is 0 Å².